The molecule has 2 atom stereocenters. The van der Waals surface area contributed by atoms with Crippen LogP contribution in [0.15, 0.2) is 42.5 Å². The lowest BCUT2D eigenvalue weighted by Gasteiger charge is -2.42. The summed E-state index contributed by atoms with van der Waals surface area (Å²) in [6, 6.07) is 12.5. The number of aromatic nitrogens is 2. The lowest BCUT2D eigenvalue weighted by atomic mass is 10.0. The molecule has 1 aliphatic rings. The third-order valence-electron chi connectivity index (χ3n) is 6.23. The molecule has 1 amide bonds. The Hall–Kier alpha value is -3.23. The van der Waals surface area contributed by atoms with Crippen LogP contribution in [0.1, 0.15) is 25.8 Å². The summed E-state index contributed by atoms with van der Waals surface area (Å²) in [4.78, 5) is 26.0. The normalized spacial score (nSPS) is 17.4. The lowest BCUT2D eigenvalue weighted by Crippen LogP contribution is -2.59. The summed E-state index contributed by atoms with van der Waals surface area (Å²) in [5.41, 5.74) is 2.36. The monoisotopic (exact) mass is 464 g/mol. The maximum absolute atomic E-state index is 12.9. The molecule has 1 aliphatic heterocycles. The van der Waals surface area contributed by atoms with Crippen LogP contribution in [-0.4, -0.2) is 74.5 Å². The summed E-state index contributed by atoms with van der Waals surface area (Å²) in [6.07, 6.45) is -0.687. The molecule has 8 nitrogen and oxygen atoms in total. The van der Waals surface area contributed by atoms with E-state index in [2.05, 4.69) is 0 Å². The van der Waals surface area contributed by atoms with Crippen LogP contribution in [-0.2, 0) is 4.79 Å². The maximum atomic E-state index is 12.9. The van der Waals surface area contributed by atoms with E-state index in [0.29, 0.717) is 43.3 Å². The summed E-state index contributed by atoms with van der Waals surface area (Å²) in [6.45, 7) is 6.93. The smallest absolute Gasteiger partial charge is 0.251 e. The standard InChI is InChI=1S/C26H32N4O4/c1-16(2)12-23(33)26(34)30-11-10-29(14-18(30)15-31)25-19-9-8-17(3)13-21(19)27-24(28-25)20-6-4-5-7-22(20)32/h4-9,13,16,18,23,31-33H,10-12,14-15H2,1-3H3. The molecule has 3 N–H and O–H groups in total. The number of carbonyl (C=O) groups is 1. The fourth-order valence-corrected chi connectivity index (χ4v) is 4.48. The number of rotatable bonds is 6. The van der Waals surface area contributed by atoms with Crippen molar-refractivity contribution in [1.82, 2.24) is 14.9 Å². The number of para-hydroxylation sites is 1. The average Bonchev–Trinajstić information content (AvgIpc) is 2.82. The third-order valence-corrected chi connectivity index (χ3v) is 6.23. The molecular weight excluding hydrogens is 432 g/mol. The van der Waals surface area contributed by atoms with Gasteiger partial charge in [-0.15, -0.1) is 0 Å². The van der Waals surface area contributed by atoms with Gasteiger partial charge in [0.05, 0.1) is 23.7 Å². The highest BCUT2D eigenvalue weighted by Gasteiger charge is 2.34. The molecule has 34 heavy (non-hydrogen) atoms. The van der Waals surface area contributed by atoms with E-state index in [9.17, 15) is 20.1 Å². The minimum Gasteiger partial charge on any atom is -0.507 e. The van der Waals surface area contributed by atoms with Crippen LogP contribution < -0.4 is 4.90 Å². The molecule has 1 aromatic heterocycles. The van der Waals surface area contributed by atoms with Crippen molar-refractivity contribution in [3.8, 4) is 17.1 Å². The molecule has 2 heterocycles. The highest BCUT2D eigenvalue weighted by molar-refractivity contribution is 5.92. The fourth-order valence-electron chi connectivity index (χ4n) is 4.48. The Bertz CT molecular complexity index is 1180. The van der Waals surface area contributed by atoms with E-state index >= 15 is 0 Å². The van der Waals surface area contributed by atoms with E-state index in [1.165, 1.54) is 0 Å². The molecule has 0 spiro atoms. The highest BCUT2D eigenvalue weighted by Crippen LogP contribution is 2.33. The Morgan fingerprint density at radius 3 is 2.62 bits per heavy atom. The Labute approximate surface area is 199 Å². The van der Waals surface area contributed by atoms with Crippen molar-refractivity contribution >= 4 is 22.6 Å². The second-order valence-electron chi connectivity index (χ2n) is 9.37. The number of aliphatic hydroxyl groups is 2. The topological polar surface area (TPSA) is 110 Å². The number of amides is 1. The van der Waals surface area contributed by atoms with Crippen LogP contribution in [0.3, 0.4) is 0 Å². The van der Waals surface area contributed by atoms with Crippen molar-refractivity contribution in [2.24, 2.45) is 5.92 Å². The van der Waals surface area contributed by atoms with Gasteiger partial charge in [0.1, 0.15) is 17.7 Å². The molecule has 0 bridgehead atoms. The minimum atomic E-state index is -1.07. The number of piperazine rings is 1. The first-order chi connectivity index (χ1) is 16.3. The molecule has 2 unspecified atom stereocenters. The fraction of sp³-hybridized carbons (Fsp3) is 0.423. The molecule has 1 saturated heterocycles. The van der Waals surface area contributed by atoms with Crippen molar-refractivity contribution < 1.29 is 20.1 Å². The predicted octanol–water partition coefficient (Wildman–Crippen LogP) is 2.73. The van der Waals surface area contributed by atoms with E-state index in [0.717, 1.165) is 16.5 Å². The number of fused-ring (bicyclic) bond motifs is 1. The van der Waals surface area contributed by atoms with Crippen molar-refractivity contribution in [3.05, 3.63) is 48.0 Å². The molecule has 8 heteroatoms. The maximum Gasteiger partial charge on any atom is 0.251 e. The summed E-state index contributed by atoms with van der Waals surface area (Å²) in [5.74, 6) is 1.05. The quantitative estimate of drug-likeness (QED) is 0.514. The van der Waals surface area contributed by atoms with Gasteiger partial charge in [-0.2, -0.15) is 0 Å². The van der Waals surface area contributed by atoms with E-state index in [1.807, 2.05) is 49.9 Å². The van der Waals surface area contributed by atoms with Crippen molar-refractivity contribution in [2.45, 2.75) is 39.3 Å². The van der Waals surface area contributed by atoms with Gasteiger partial charge in [-0.05, 0) is 49.1 Å². The molecule has 180 valence electrons. The molecular formula is C26H32N4O4. The Kier molecular flexibility index (Phi) is 7.00. The van der Waals surface area contributed by atoms with Crippen LogP contribution in [0, 0.1) is 12.8 Å². The second-order valence-corrected chi connectivity index (χ2v) is 9.37. The van der Waals surface area contributed by atoms with Gasteiger partial charge in [0.15, 0.2) is 5.82 Å². The largest absolute Gasteiger partial charge is 0.507 e. The first-order valence-electron chi connectivity index (χ1n) is 11.7. The van der Waals surface area contributed by atoms with Crippen molar-refractivity contribution in [1.29, 1.82) is 0 Å². The number of hydrogen-bond donors (Lipinski definition) is 3. The lowest BCUT2D eigenvalue weighted by molar-refractivity contribution is -0.144. The summed E-state index contributed by atoms with van der Waals surface area (Å²) < 4.78 is 0. The Morgan fingerprint density at radius 1 is 1.15 bits per heavy atom. The van der Waals surface area contributed by atoms with Gasteiger partial charge >= 0.3 is 0 Å². The Balaban J connectivity index is 1.70. The molecule has 3 aromatic rings. The number of aliphatic hydroxyl groups excluding tert-OH is 2. The van der Waals surface area contributed by atoms with E-state index in [4.69, 9.17) is 9.97 Å². The molecule has 0 radical (unpaired) electrons. The van der Waals surface area contributed by atoms with Crippen molar-refractivity contribution in [2.75, 3.05) is 31.1 Å². The highest BCUT2D eigenvalue weighted by atomic mass is 16.3. The van der Waals surface area contributed by atoms with Gasteiger partial charge in [-0.25, -0.2) is 9.97 Å². The van der Waals surface area contributed by atoms with E-state index in [-0.39, 0.29) is 24.2 Å². The summed E-state index contributed by atoms with van der Waals surface area (Å²) in [7, 11) is 0. The first kappa shape index (κ1) is 23.9. The average molecular weight is 465 g/mol. The third kappa shape index (κ3) is 4.83. The van der Waals surface area contributed by atoms with Gasteiger partial charge < -0.3 is 25.1 Å². The summed E-state index contributed by atoms with van der Waals surface area (Å²) >= 11 is 0. The SMILES string of the molecule is Cc1ccc2c(N3CCN(C(=O)C(O)CC(C)C)C(CO)C3)nc(-c3ccccc3O)nc2c1. The number of phenols is 1. The molecule has 0 saturated carbocycles. The Morgan fingerprint density at radius 2 is 1.91 bits per heavy atom. The number of hydrogen-bond acceptors (Lipinski definition) is 7. The number of anilines is 1. The minimum absolute atomic E-state index is 0.100. The van der Waals surface area contributed by atoms with Gasteiger partial charge in [0.2, 0.25) is 0 Å². The van der Waals surface area contributed by atoms with Crippen LogP contribution in [0.2, 0.25) is 0 Å². The van der Waals surface area contributed by atoms with Gasteiger partial charge in [0, 0.05) is 25.0 Å². The zero-order valence-electron chi connectivity index (χ0n) is 19.8. The zero-order valence-corrected chi connectivity index (χ0v) is 19.8. The van der Waals surface area contributed by atoms with Crippen LogP contribution >= 0.6 is 0 Å². The van der Waals surface area contributed by atoms with E-state index in [1.54, 1.807) is 23.1 Å². The zero-order chi connectivity index (χ0) is 24.4. The number of carbonyl (C=O) groups excluding carboxylic acids is 1. The molecule has 1 fully saturated rings. The molecule has 4 rings (SSSR count). The van der Waals surface area contributed by atoms with Crippen LogP contribution in [0.25, 0.3) is 22.3 Å². The molecule has 2 aromatic carbocycles. The molecule has 0 aliphatic carbocycles. The van der Waals surface area contributed by atoms with Gasteiger partial charge in [-0.1, -0.05) is 32.0 Å². The van der Waals surface area contributed by atoms with E-state index < -0.39 is 12.1 Å². The number of nitrogens with zero attached hydrogens (tertiary/aromatic N) is 4. The number of phenolic OH excluding ortho intramolecular Hbond substituents is 1. The van der Waals surface area contributed by atoms with Crippen LogP contribution in [0.4, 0.5) is 5.82 Å². The summed E-state index contributed by atoms with van der Waals surface area (Å²) in [5, 5.41) is 31.7. The van der Waals surface area contributed by atoms with Crippen LogP contribution in [0.5, 0.6) is 5.75 Å². The van der Waals surface area contributed by atoms with Gasteiger partial charge in [-0.3, -0.25) is 4.79 Å². The predicted molar refractivity (Wildman–Crippen MR) is 132 cm³/mol. The number of benzene rings is 2. The first-order valence-corrected chi connectivity index (χ1v) is 11.7. The second kappa shape index (κ2) is 9.95. The number of aryl methyl sites for hydroxylation is 1. The van der Waals surface area contributed by atoms with Gasteiger partial charge in [0.25, 0.3) is 5.91 Å². The number of aromatic hydroxyl groups is 1. The van der Waals surface area contributed by atoms with Crippen molar-refractivity contribution in [3.63, 3.8) is 0 Å².